The van der Waals surface area contributed by atoms with Gasteiger partial charge < -0.3 is 26.4 Å². The maximum atomic E-state index is 12.8. The van der Waals surface area contributed by atoms with E-state index in [9.17, 15) is 22.8 Å². The summed E-state index contributed by atoms with van der Waals surface area (Å²) in [6.07, 6.45) is 0.851. The van der Waals surface area contributed by atoms with E-state index in [2.05, 4.69) is 16.0 Å². The van der Waals surface area contributed by atoms with Gasteiger partial charge in [0.15, 0.2) is 16.4 Å². The summed E-state index contributed by atoms with van der Waals surface area (Å²) >= 11 is 6.10. The minimum atomic E-state index is -3.97. The van der Waals surface area contributed by atoms with Gasteiger partial charge >= 0.3 is 0 Å². The molecule has 5 N–H and O–H groups in total. The molecule has 186 valence electrons. The molecule has 0 aliphatic carbocycles. The molecule has 2 rings (SSSR count). The van der Waals surface area contributed by atoms with Crippen LogP contribution < -0.4 is 26.4 Å². The number of nitrogens with two attached hydrogens (primary N) is 1. The molecule has 0 spiro atoms. The molecule has 0 radical (unpaired) electrons. The topological polar surface area (TPSA) is 180 Å². The molecular formula is C22H24ClN5O6S. The number of anilines is 1. The normalized spacial score (nSPS) is 12.5. The molecule has 13 heteroatoms. The van der Waals surface area contributed by atoms with Crippen LogP contribution in [0.15, 0.2) is 36.4 Å². The Morgan fingerprint density at radius 1 is 1.20 bits per heavy atom. The number of sulfone groups is 1. The minimum Gasteiger partial charge on any atom is -0.483 e. The van der Waals surface area contributed by atoms with Crippen molar-refractivity contribution >= 4 is 44.8 Å². The third-order valence-electron chi connectivity index (χ3n) is 5.03. The number of hydrogen-bond acceptors (Lipinski definition) is 8. The Morgan fingerprint density at radius 3 is 2.46 bits per heavy atom. The van der Waals surface area contributed by atoms with E-state index in [0.717, 1.165) is 13.2 Å². The van der Waals surface area contributed by atoms with E-state index in [1.807, 2.05) is 6.07 Å². The summed E-state index contributed by atoms with van der Waals surface area (Å²) < 4.78 is 29.7. The van der Waals surface area contributed by atoms with Crippen molar-refractivity contribution in [3.8, 4) is 11.8 Å². The van der Waals surface area contributed by atoms with Crippen molar-refractivity contribution < 1.29 is 27.5 Å². The second-order valence-electron chi connectivity index (χ2n) is 7.60. The number of nitriles is 1. The largest absolute Gasteiger partial charge is 0.483 e. The summed E-state index contributed by atoms with van der Waals surface area (Å²) in [5.41, 5.74) is 6.25. The van der Waals surface area contributed by atoms with Gasteiger partial charge in [-0.25, -0.2) is 8.42 Å². The van der Waals surface area contributed by atoms with Crippen LogP contribution >= 0.6 is 11.6 Å². The van der Waals surface area contributed by atoms with Crippen molar-refractivity contribution in [2.75, 3.05) is 25.2 Å². The quantitative estimate of drug-likeness (QED) is 0.356. The van der Waals surface area contributed by atoms with Crippen LogP contribution in [0, 0.1) is 11.3 Å². The molecule has 0 saturated heterocycles. The predicted octanol–water partition coefficient (Wildman–Crippen LogP) is 0.924. The van der Waals surface area contributed by atoms with Crippen molar-refractivity contribution in [1.82, 2.24) is 10.6 Å². The maximum Gasteiger partial charge on any atom is 0.258 e. The molecule has 0 bridgehead atoms. The lowest BCUT2D eigenvalue weighted by Gasteiger charge is -2.26. The summed E-state index contributed by atoms with van der Waals surface area (Å²) in [5.74, 6) is -1.83. The standard InChI is InChI=1S/C22H24ClN5O6S/c1-22(21(25)31,35(3,32)33)28-17-8-15(7-16(23)9-17)20(30)27-11-14-5-4-13(10-24)6-18(14)34-12-19(29)26-2/h4-9,28H,11-12H2,1-3H3,(H2,25,31)(H,26,29)(H,27,30). The second kappa shape index (κ2) is 11.1. The van der Waals surface area contributed by atoms with Crippen molar-refractivity contribution in [1.29, 1.82) is 5.26 Å². The molecule has 0 heterocycles. The number of carbonyl (C=O) groups is 3. The van der Waals surface area contributed by atoms with Crippen molar-refractivity contribution in [2.45, 2.75) is 18.3 Å². The molecular weight excluding hydrogens is 498 g/mol. The minimum absolute atomic E-state index is 0.0226. The van der Waals surface area contributed by atoms with Crippen LogP contribution in [0.3, 0.4) is 0 Å². The van der Waals surface area contributed by atoms with Crippen LogP contribution in [0.4, 0.5) is 5.69 Å². The van der Waals surface area contributed by atoms with Crippen molar-refractivity contribution in [2.24, 2.45) is 5.73 Å². The number of amides is 3. The van der Waals surface area contributed by atoms with E-state index in [0.29, 0.717) is 11.1 Å². The van der Waals surface area contributed by atoms with E-state index in [1.165, 1.54) is 37.4 Å². The SMILES string of the molecule is CNC(=O)COc1cc(C#N)ccc1CNC(=O)c1cc(Cl)cc(NC(C)(C(N)=O)S(C)(=O)=O)c1. The maximum absolute atomic E-state index is 12.8. The highest BCUT2D eigenvalue weighted by molar-refractivity contribution is 7.93. The summed E-state index contributed by atoms with van der Waals surface area (Å²) in [7, 11) is -2.52. The highest BCUT2D eigenvalue weighted by Crippen LogP contribution is 2.25. The number of nitrogens with one attached hydrogen (secondary N) is 3. The summed E-state index contributed by atoms with van der Waals surface area (Å²) in [6.45, 7) is 0.802. The van der Waals surface area contributed by atoms with Gasteiger partial charge in [0.1, 0.15) is 5.75 Å². The lowest BCUT2D eigenvalue weighted by atomic mass is 10.1. The lowest BCUT2D eigenvalue weighted by Crippen LogP contribution is -2.53. The third kappa shape index (κ3) is 6.84. The van der Waals surface area contributed by atoms with Gasteiger partial charge in [-0.1, -0.05) is 17.7 Å². The number of primary amides is 1. The number of rotatable bonds is 10. The van der Waals surface area contributed by atoms with Gasteiger partial charge in [0.2, 0.25) is 4.87 Å². The molecule has 1 unspecified atom stereocenters. The Balaban J connectivity index is 2.26. The molecule has 0 aliphatic heterocycles. The summed E-state index contributed by atoms with van der Waals surface area (Å²) in [4.78, 5) is 34.0. The zero-order chi connectivity index (χ0) is 26.4. The van der Waals surface area contributed by atoms with E-state index in [1.54, 1.807) is 6.07 Å². The number of hydrogen-bond donors (Lipinski definition) is 4. The number of ether oxygens (including phenoxy) is 1. The number of nitrogens with zero attached hydrogens (tertiary/aromatic N) is 1. The fourth-order valence-electron chi connectivity index (χ4n) is 2.80. The van der Waals surface area contributed by atoms with Crippen LogP contribution in [0.5, 0.6) is 5.75 Å². The zero-order valence-electron chi connectivity index (χ0n) is 19.1. The highest BCUT2D eigenvalue weighted by atomic mass is 35.5. The van der Waals surface area contributed by atoms with E-state index in [-0.39, 0.29) is 41.1 Å². The van der Waals surface area contributed by atoms with Crippen molar-refractivity contribution in [3.63, 3.8) is 0 Å². The molecule has 3 amide bonds. The molecule has 0 aliphatic rings. The lowest BCUT2D eigenvalue weighted by molar-refractivity contribution is -0.122. The Bertz CT molecular complexity index is 1310. The molecule has 11 nitrogen and oxygen atoms in total. The monoisotopic (exact) mass is 521 g/mol. The third-order valence-corrected chi connectivity index (χ3v) is 7.03. The van der Waals surface area contributed by atoms with Gasteiger partial charge in [-0.2, -0.15) is 5.26 Å². The zero-order valence-corrected chi connectivity index (χ0v) is 20.7. The first-order chi connectivity index (χ1) is 16.3. The smallest absolute Gasteiger partial charge is 0.258 e. The molecule has 0 saturated carbocycles. The Hall–Kier alpha value is -3.82. The van der Waals surface area contributed by atoms with Crippen LogP contribution in [0.25, 0.3) is 0 Å². The Labute approximate surface area is 207 Å². The van der Waals surface area contributed by atoms with Gasteiger partial charge in [0, 0.05) is 41.7 Å². The Kier molecular flexibility index (Phi) is 8.67. The van der Waals surface area contributed by atoms with Gasteiger partial charge in [0.05, 0.1) is 11.6 Å². The first-order valence-electron chi connectivity index (χ1n) is 10.0. The predicted molar refractivity (Wildman–Crippen MR) is 129 cm³/mol. The van der Waals surface area contributed by atoms with E-state index >= 15 is 0 Å². The molecule has 1 atom stereocenters. The van der Waals surface area contributed by atoms with E-state index in [4.69, 9.17) is 27.3 Å². The number of carbonyl (C=O) groups excluding carboxylic acids is 3. The first-order valence-corrected chi connectivity index (χ1v) is 12.3. The summed E-state index contributed by atoms with van der Waals surface area (Å²) in [5, 5.41) is 16.9. The molecule has 2 aromatic rings. The van der Waals surface area contributed by atoms with Crippen LogP contribution in [-0.4, -0.2) is 50.9 Å². The van der Waals surface area contributed by atoms with Crippen LogP contribution in [0.1, 0.15) is 28.4 Å². The van der Waals surface area contributed by atoms with Crippen LogP contribution in [0.2, 0.25) is 5.02 Å². The number of halogens is 1. The van der Waals surface area contributed by atoms with Gasteiger partial charge in [-0.3, -0.25) is 14.4 Å². The van der Waals surface area contributed by atoms with Crippen LogP contribution in [-0.2, 0) is 26.0 Å². The second-order valence-corrected chi connectivity index (χ2v) is 10.4. The molecule has 35 heavy (non-hydrogen) atoms. The fourth-order valence-corrected chi connectivity index (χ4v) is 3.71. The molecule has 2 aromatic carbocycles. The van der Waals surface area contributed by atoms with Gasteiger partial charge in [0.25, 0.3) is 17.7 Å². The first kappa shape index (κ1) is 27.4. The van der Waals surface area contributed by atoms with Crippen molar-refractivity contribution in [3.05, 3.63) is 58.1 Å². The highest BCUT2D eigenvalue weighted by Gasteiger charge is 2.42. The fraction of sp³-hybridized carbons (Fsp3) is 0.273. The number of likely N-dealkylation sites (N-methyl/N-ethyl adjacent to an activating group) is 1. The summed E-state index contributed by atoms with van der Waals surface area (Å²) in [6, 6.07) is 10.5. The van der Waals surface area contributed by atoms with Gasteiger partial charge in [-0.15, -0.1) is 0 Å². The average Bonchev–Trinajstić information content (AvgIpc) is 2.79. The number of benzene rings is 2. The Morgan fingerprint density at radius 2 is 1.89 bits per heavy atom. The molecule has 0 fully saturated rings. The van der Waals surface area contributed by atoms with E-state index < -0.39 is 26.5 Å². The molecule has 0 aromatic heterocycles. The average molecular weight is 522 g/mol. The van der Waals surface area contributed by atoms with Gasteiger partial charge in [-0.05, 0) is 37.3 Å².